The monoisotopic (exact) mass is 482 g/mol. The van der Waals surface area contributed by atoms with E-state index in [1.165, 1.54) is 54.6 Å². The van der Waals surface area contributed by atoms with Gasteiger partial charge in [0.1, 0.15) is 18.1 Å². The van der Waals surface area contributed by atoms with Crippen LogP contribution in [0.3, 0.4) is 0 Å². The average molecular weight is 483 g/mol. The lowest BCUT2D eigenvalue weighted by molar-refractivity contribution is -0.120. The SMILES string of the molecule is COc1ccc(S(=O)(=O)N(CC(=O)NC(C)c2ccc3c(c2)CCC3)c2ccc(F)cc2)cc1. The fourth-order valence-corrected chi connectivity index (χ4v) is 5.58. The van der Waals surface area contributed by atoms with Crippen molar-refractivity contribution < 1.29 is 22.3 Å². The minimum atomic E-state index is -4.10. The first-order chi connectivity index (χ1) is 16.3. The Morgan fingerprint density at radius 2 is 1.71 bits per heavy atom. The van der Waals surface area contributed by atoms with Crippen LogP contribution in [0.4, 0.5) is 10.1 Å². The second kappa shape index (κ2) is 9.85. The zero-order valence-corrected chi connectivity index (χ0v) is 19.9. The van der Waals surface area contributed by atoms with Crippen LogP contribution < -0.4 is 14.4 Å². The maximum atomic E-state index is 13.5. The van der Waals surface area contributed by atoms with Crippen LogP contribution in [0.15, 0.2) is 71.6 Å². The third kappa shape index (κ3) is 5.07. The van der Waals surface area contributed by atoms with Gasteiger partial charge in [-0.2, -0.15) is 0 Å². The Hall–Kier alpha value is -3.39. The lowest BCUT2D eigenvalue weighted by Gasteiger charge is -2.25. The van der Waals surface area contributed by atoms with Crippen molar-refractivity contribution in [2.75, 3.05) is 18.0 Å². The first-order valence-corrected chi connectivity index (χ1v) is 12.6. The maximum Gasteiger partial charge on any atom is 0.264 e. The van der Waals surface area contributed by atoms with Gasteiger partial charge < -0.3 is 10.1 Å². The Labute approximate surface area is 199 Å². The molecular formula is C26H27FN2O4S. The van der Waals surface area contributed by atoms with E-state index in [-0.39, 0.29) is 16.6 Å². The van der Waals surface area contributed by atoms with Gasteiger partial charge in [-0.15, -0.1) is 0 Å². The third-order valence-corrected chi connectivity index (χ3v) is 7.84. The summed E-state index contributed by atoms with van der Waals surface area (Å²) in [6.45, 7) is 1.42. The van der Waals surface area contributed by atoms with E-state index in [1.807, 2.05) is 13.0 Å². The van der Waals surface area contributed by atoms with Gasteiger partial charge in [0.05, 0.1) is 23.7 Å². The van der Waals surface area contributed by atoms with Gasteiger partial charge in [0, 0.05) is 0 Å². The van der Waals surface area contributed by atoms with Crippen LogP contribution >= 0.6 is 0 Å². The molecule has 0 spiro atoms. The molecule has 34 heavy (non-hydrogen) atoms. The molecule has 1 aliphatic rings. The third-order valence-electron chi connectivity index (χ3n) is 6.05. The van der Waals surface area contributed by atoms with Crippen molar-refractivity contribution in [1.82, 2.24) is 5.32 Å². The summed E-state index contributed by atoms with van der Waals surface area (Å²) in [6.07, 6.45) is 3.24. The first kappa shape index (κ1) is 23.8. The Balaban J connectivity index is 1.57. The quantitative estimate of drug-likeness (QED) is 0.517. The lowest BCUT2D eigenvalue weighted by Crippen LogP contribution is -2.41. The van der Waals surface area contributed by atoms with Gasteiger partial charge >= 0.3 is 0 Å². The number of nitrogens with one attached hydrogen (secondary N) is 1. The molecule has 3 aromatic rings. The van der Waals surface area contributed by atoms with E-state index in [4.69, 9.17) is 4.74 Å². The molecule has 6 nitrogen and oxygen atoms in total. The fourth-order valence-electron chi connectivity index (χ4n) is 4.16. The highest BCUT2D eigenvalue weighted by atomic mass is 32.2. The number of ether oxygens (including phenoxy) is 1. The van der Waals surface area contributed by atoms with Gasteiger partial charge in [0.15, 0.2) is 0 Å². The van der Waals surface area contributed by atoms with E-state index >= 15 is 0 Å². The van der Waals surface area contributed by atoms with Crippen molar-refractivity contribution in [3.05, 3.63) is 89.2 Å². The highest BCUT2D eigenvalue weighted by molar-refractivity contribution is 7.92. The number of hydrogen-bond donors (Lipinski definition) is 1. The number of carbonyl (C=O) groups excluding carboxylic acids is 1. The van der Waals surface area contributed by atoms with Crippen molar-refractivity contribution in [1.29, 1.82) is 0 Å². The molecule has 0 radical (unpaired) electrons. The smallest absolute Gasteiger partial charge is 0.264 e. The molecule has 1 atom stereocenters. The van der Waals surface area contributed by atoms with Crippen LogP contribution in [-0.4, -0.2) is 28.0 Å². The van der Waals surface area contributed by atoms with Gasteiger partial charge in [-0.3, -0.25) is 9.10 Å². The van der Waals surface area contributed by atoms with E-state index in [1.54, 1.807) is 0 Å². The summed E-state index contributed by atoms with van der Waals surface area (Å²) >= 11 is 0. The van der Waals surface area contributed by atoms with Crippen LogP contribution in [-0.2, 0) is 27.7 Å². The standard InChI is InChI=1S/C26H27FN2O4S/c1-18(20-7-6-19-4-3-5-21(19)16-20)28-26(30)17-29(23-10-8-22(27)9-11-23)34(31,32)25-14-12-24(33-2)13-15-25/h6-16,18H,3-5,17H2,1-2H3,(H,28,30). The van der Waals surface area contributed by atoms with Gasteiger partial charge in [-0.25, -0.2) is 12.8 Å². The molecule has 0 aromatic heterocycles. The Morgan fingerprint density at radius 3 is 2.38 bits per heavy atom. The maximum absolute atomic E-state index is 13.5. The summed E-state index contributed by atoms with van der Waals surface area (Å²) < 4.78 is 46.5. The molecule has 0 bridgehead atoms. The van der Waals surface area contributed by atoms with Gasteiger partial charge in [0.2, 0.25) is 5.91 Å². The fraction of sp³-hybridized carbons (Fsp3) is 0.269. The number of nitrogens with zero attached hydrogens (tertiary/aromatic N) is 1. The number of aryl methyl sites for hydroxylation is 2. The van der Waals surface area contributed by atoms with Crippen molar-refractivity contribution in [3.8, 4) is 5.75 Å². The Kier molecular flexibility index (Phi) is 6.88. The van der Waals surface area contributed by atoms with Gasteiger partial charge in [-0.1, -0.05) is 18.2 Å². The molecular weight excluding hydrogens is 455 g/mol. The van der Waals surface area contributed by atoms with Crippen molar-refractivity contribution in [3.63, 3.8) is 0 Å². The molecule has 8 heteroatoms. The number of sulfonamides is 1. The van der Waals surface area contributed by atoms with E-state index in [0.717, 1.165) is 41.3 Å². The minimum absolute atomic E-state index is 0.00269. The number of rotatable bonds is 8. The molecule has 3 aromatic carbocycles. The van der Waals surface area contributed by atoms with Crippen molar-refractivity contribution in [2.24, 2.45) is 0 Å². The molecule has 0 heterocycles. The Morgan fingerprint density at radius 1 is 1.03 bits per heavy atom. The van der Waals surface area contributed by atoms with Crippen LogP contribution in [0.2, 0.25) is 0 Å². The molecule has 0 saturated carbocycles. The number of fused-ring (bicyclic) bond motifs is 1. The normalized spacial score (nSPS) is 13.7. The number of amides is 1. The summed E-state index contributed by atoms with van der Waals surface area (Å²) in [5, 5.41) is 2.90. The van der Waals surface area contributed by atoms with E-state index in [0.29, 0.717) is 5.75 Å². The number of methoxy groups -OCH3 is 1. The Bertz CT molecular complexity index is 1280. The molecule has 0 fully saturated rings. The van der Waals surface area contributed by atoms with Crippen molar-refractivity contribution in [2.45, 2.75) is 37.1 Å². The predicted octanol–water partition coefficient (Wildman–Crippen LogP) is 4.40. The van der Waals surface area contributed by atoms with Gasteiger partial charge in [-0.05, 0) is 91.4 Å². The lowest BCUT2D eigenvalue weighted by atomic mass is 10.0. The molecule has 1 N–H and O–H groups in total. The zero-order valence-electron chi connectivity index (χ0n) is 19.1. The molecule has 1 aliphatic carbocycles. The number of carbonyl (C=O) groups is 1. The van der Waals surface area contributed by atoms with Crippen LogP contribution in [0, 0.1) is 5.82 Å². The second-order valence-corrected chi connectivity index (χ2v) is 10.2. The predicted molar refractivity (Wildman–Crippen MR) is 129 cm³/mol. The number of anilines is 1. The van der Waals surface area contributed by atoms with E-state index in [2.05, 4.69) is 17.4 Å². The summed E-state index contributed by atoms with van der Waals surface area (Å²) in [5.74, 6) is -0.456. The first-order valence-electron chi connectivity index (χ1n) is 11.1. The second-order valence-electron chi connectivity index (χ2n) is 8.33. The summed E-state index contributed by atoms with van der Waals surface area (Å²) in [4.78, 5) is 13.0. The molecule has 178 valence electrons. The largest absolute Gasteiger partial charge is 0.497 e. The molecule has 0 aliphatic heterocycles. The van der Waals surface area contributed by atoms with Crippen LogP contribution in [0.25, 0.3) is 0 Å². The highest BCUT2D eigenvalue weighted by Gasteiger charge is 2.28. The van der Waals surface area contributed by atoms with E-state index < -0.39 is 28.3 Å². The van der Waals surface area contributed by atoms with Crippen molar-refractivity contribution >= 4 is 21.6 Å². The van der Waals surface area contributed by atoms with Crippen LogP contribution in [0.5, 0.6) is 5.75 Å². The average Bonchev–Trinajstić information content (AvgIpc) is 3.31. The van der Waals surface area contributed by atoms with Gasteiger partial charge in [0.25, 0.3) is 10.0 Å². The molecule has 4 rings (SSSR count). The molecule has 0 saturated heterocycles. The topological polar surface area (TPSA) is 75.7 Å². The number of benzene rings is 3. The molecule has 1 unspecified atom stereocenters. The summed E-state index contributed by atoms with van der Waals surface area (Å²) in [6, 6.07) is 16.8. The zero-order chi connectivity index (χ0) is 24.3. The van der Waals surface area contributed by atoms with E-state index in [9.17, 15) is 17.6 Å². The number of halogens is 1. The summed E-state index contributed by atoms with van der Waals surface area (Å²) in [7, 11) is -2.61. The molecule has 1 amide bonds. The minimum Gasteiger partial charge on any atom is -0.497 e. The highest BCUT2D eigenvalue weighted by Crippen LogP contribution is 2.27. The summed E-state index contributed by atoms with van der Waals surface area (Å²) in [5.41, 5.74) is 3.81. The number of hydrogen-bond acceptors (Lipinski definition) is 4. The van der Waals surface area contributed by atoms with Crippen LogP contribution in [0.1, 0.15) is 36.1 Å².